The van der Waals surface area contributed by atoms with Crippen LogP contribution in [0.25, 0.3) is 0 Å². The molecule has 0 aromatic carbocycles. The van der Waals surface area contributed by atoms with Gasteiger partial charge < -0.3 is 5.32 Å². The maximum Gasteiger partial charge on any atom is 0.324 e. The van der Waals surface area contributed by atoms with Crippen molar-refractivity contribution in [2.75, 3.05) is 19.6 Å². The number of hydrogen-bond acceptors (Lipinski definition) is 3. The lowest BCUT2D eigenvalue weighted by Gasteiger charge is -2.31. The number of imide groups is 1. The minimum Gasteiger partial charge on any atom is -0.329 e. The third-order valence-corrected chi connectivity index (χ3v) is 4.53. The Balaban J connectivity index is 1.60. The molecule has 2 aliphatic heterocycles. The van der Waals surface area contributed by atoms with Gasteiger partial charge in [-0.1, -0.05) is 19.3 Å². The van der Waals surface area contributed by atoms with E-state index in [9.17, 15) is 9.59 Å². The molecule has 0 radical (unpaired) electrons. The number of amides is 3. The highest BCUT2D eigenvalue weighted by atomic mass is 16.2. The summed E-state index contributed by atoms with van der Waals surface area (Å²) in [7, 11) is 0. The topological polar surface area (TPSA) is 52.7 Å². The molecular weight excluding hydrogens is 230 g/mol. The van der Waals surface area contributed by atoms with Crippen LogP contribution in [0.1, 0.15) is 38.5 Å². The second-order valence-electron chi connectivity index (χ2n) is 5.65. The average Bonchev–Trinajstić information content (AvgIpc) is 2.98. The van der Waals surface area contributed by atoms with Crippen LogP contribution >= 0.6 is 0 Å². The summed E-state index contributed by atoms with van der Waals surface area (Å²) in [5, 5.41) is 2.61. The minimum absolute atomic E-state index is 0.0597. The lowest BCUT2D eigenvalue weighted by atomic mass is 9.94. The SMILES string of the molecule is O=C1CNC(=O)N1C1CCN(C2CCCCC2)C1. The van der Waals surface area contributed by atoms with Crippen LogP contribution in [-0.4, -0.2) is 53.5 Å². The van der Waals surface area contributed by atoms with Gasteiger partial charge in [-0.2, -0.15) is 0 Å². The molecule has 5 nitrogen and oxygen atoms in total. The Bertz CT molecular complexity index is 336. The molecule has 1 atom stereocenters. The molecule has 0 bridgehead atoms. The van der Waals surface area contributed by atoms with Crippen LogP contribution < -0.4 is 5.32 Å². The molecule has 3 rings (SSSR count). The van der Waals surface area contributed by atoms with Crippen molar-refractivity contribution >= 4 is 11.9 Å². The Morgan fingerprint density at radius 2 is 1.78 bits per heavy atom. The summed E-state index contributed by atoms with van der Waals surface area (Å²) in [5.41, 5.74) is 0. The van der Waals surface area contributed by atoms with Crippen LogP contribution in [-0.2, 0) is 4.79 Å². The normalized spacial score (nSPS) is 31.1. The average molecular weight is 251 g/mol. The number of nitrogens with one attached hydrogen (secondary N) is 1. The van der Waals surface area contributed by atoms with Crippen LogP contribution in [0.3, 0.4) is 0 Å². The van der Waals surface area contributed by atoms with Crippen molar-refractivity contribution in [3.8, 4) is 0 Å². The quantitative estimate of drug-likeness (QED) is 0.743. The largest absolute Gasteiger partial charge is 0.329 e. The maximum atomic E-state index is 11.7. The minimum atomic E-state index is -0.199. The molecule has 2 heterocycles. The van der Waals surface area contributed by atoms with Crippen LogP contribution in [0, 0.1) is 0 Å². The van der Waals surface area contributed by atoms with Gasteiger partial charge in [0.05, 0.1) is 12.6 Å². The summed E-state index contributed by atoms with van der Waals surface area (Å²) < 4.78 is 0. The highest BCUT2D eigenvalue weighted by Gasteiger charge is 2.39. The molecular formula is C13H21N3O2. The Labute approximate surface area is 107 Å². The predicted octanol–water partition coefficient (Wildman–Crippen LogP) is 0.945. The fourth-order valence-electron chi connectivity index (χ4n) is 3.56. The summed E-state index contributed by atoms with van der Waals surface area (Å²) in [4.78, 5) is 27.2. The lowest BCUT2D eigenvalue weighted by molar-refractivity contribution is -0.126. The highest BCUT2D eigenvalue weighted by Crippen LogP contribution is 2.27. The van der Waals surface area contributed by atoms with Crippen LogP contribution in [0.2, 0.25) is 0 Å². The summed E-state index contributed by atoms with van der Waals surface area (Å²) >= 11 is 0. The molecule has 2 saturated heterocycles. The van der Waals surface area contributed by atoms with Gasteiger partial charge in [-0.05, 0) is 19.3 Å². The Morgan fingerprint density at radius 1 is 1.00 bits per heavy atom. The molecule has 3 fully saturated rings. The fraction of sp³-hybridized carbons (Fsp3) is 0.846. The second kappa shape index (κ2) is 4.88. The van der Waals surface area contributed by atoms with Gasteiger partial charge in [0.2, 0.25) is 5.91 Å². The molecule has 1 saturated carbocycles. The van der Waals surface area contributed by atoms with Gasteiger partial charge in [0.15, 0.2) is 0 Å². The van der Waals surface area contributed by atoms with Gasteiger partial charge in [0.1, 0.15) is 0 Å². The standard InChI is InChI=1S/C13H21N3O2/c17-12-8-14-13(18)16(12)11-6-7-15(9-11)10-4-2-1-3-5-10/h10-11H,1-9H2,(H,14,18). The smallest absolute Gasteiger partial charge is 0.324 e. The van der Waals surface area contributed by atoms with Crippen LogP contribution in [0.4, 0.5) is 4.79 Å². The van der Waals surface area contributed by atoms with Gasteiger partial charge in [-0.25, -0.2) is 4.79 Å². The summed E-state index contributed by atoms with van der Waals surface area (Å²) in [6.45, 7) is 2.09. The summed E-state index contributed by atoms with van der Waals surface area (Å²) in [5.74, 6) is -0.0597. The van der Waals surface area contributed by atoms with Gasteiger partial charge in [0.25, 0.3) is 0 Å². The zero-order valence-corrected chi connectivity index (χ0v) is 10.7. The number of carbonyl (C=O) groups is 2. The Kier molecular flexibility index (Phi) is 3.24. The van der Waals surface area contributed by atoms with E-state index in [0.717, 1.165) is 19.5 Å². The molecule has 0 aromatic rings. The Morgan fingerprint density at radius 3 is 2.44 bits per heavy atom. The van der Waals surface area contributed by atoms with Gasteiger partial charge in [-0.15, -0.1) is 0 Å². The molecule has 1 aliphatic carbocycles. The van der Waals surface area contributed by atoms with Crippen molar-refractivity contribution in [3.05, 3.63) is 0 Å². The van der Waals surface area contributed by atoms with Crippen LogP contribution in [0.5, 0.6) is 0 Å². The van der Waals surface area contributed by atoms with Gasteiger partial charge >= 0.3 is 6.03 Å². The van der Waals surface area contributed by atoms with Crippen molar-refractivity contribution in [2.45, 2.75) is 50.6 Å². The summed E-state index contributed by atoms with van der Waals surface area (Å²) in [6.07, 6.45) is 7.53. The first-order valence-electron chi connectivity index (χ1n) is 7.09. The van der Waals surface area contributed by atoms with E-state index < -0.39 is 0 Å². The molecule has 100 valence electrons. The fourth-order valence-corrected chi connectivity index (χ4v) is 3.56. The second-order valence-corrected chi connectivity index (χ2v) is 5.65. The van der Waals surface area contributed by atoms with E-state index in [4.69, 9.17) is 0 Å². The predicted molar refractivity (Wildman–Crippen MR) is 67.1 cm³/mol. The van der Waals surface area contributed by atoms with Crippen molar-refractivity contribution in [2.24, 2.45) is 0 Å². The monoisotopic (exact) mass is 251 g/mol. The van der Waals surface area contributed by atoms with Crippen molar-refractivity contribution < 1.29 is 9.59 Å². The van der Waals surface area contributed by atoms with E-state index in [1.165, 1.54) is 37.0 Å². The summed E-state index contributed by atoms with van der Waals surface area (Å²) in [6, 6.07) is 0.585. The van der Waals surface area contributed by atoms with E-state index in [1.54, 1.807) is 0 Å². The maximum absolute atomic E-state index is 11.7. The first kappa shape index (κ1) is 12.0. The Hall–Kier alpha value is -1.10. The molecule has 0 aromatic heterocycles. The van der Waals surface area contributed by atoms with Crippen molar-refractivity contribution in [3.63, 3.8) is 0 Å². The molecule has 1 N–H and O–H groups in total. The van der Waals surface area contributed by atoms with Crippen molar-refractivity contribution in [1.29, 1.82) is 0 Å². The van der Waals surface area contributed by atoms with Crippen molar-refractivity contribution in [1.82, 2.24) is 15.1 Å². The molecule has 3 aliphatic rings. The highest BCUT2D eigenvalue weighted by molar-refractivity contribution is 6.02. The van der Waals surface area contributed by atoms with E-state index in [-0.39, 0.29) is 24.5 Å². The molecule has 1 unspecified atom stereocenters. The van der Waals surface area contributed by atoms with E-state index in [0.29, 0.717) is 6.04 Å². The number of rotatable bonds is 2. The van der Waals surface area contributed by atoms with Gasteiger partial charge in [-0.3, -0.25) is 14.6 Å². The first-order chi connectivity index (χ1) is 8.75. The zero-order chi connectivity index (χ0) is 12.5. The van der Waals surface area contributed by atoms with Crippen LogP contribution in [0.15, 0.2) is 0 Å². The number of urea groups is 1. The molecule has 18 heavy (non-hydrogen) atoms. The van der Waals surface area contributed by atoms with E-state index >= 15 is 0 Å². The number of carbonyl (C=O) groups excluding carboxylic acids is 2. The molecule has 3 amide bonds. The number of hydrogen-bond donors (Lipinski definition) is 1. The number of likely N-dealkylation sites (tertiary alicyclic amines) is 1. The molecule has 0 spiro atoms. The molecule has 5 heteroatoms. The zero-order valence-electron chi connectivity index (χ0n) is 10.7. The van der Waals surface area contributed by atoms with E-state index in [2.05, 4.69) is 10.2 Å². The lowest BCUT2D eigenvalue weighted by Crippen LogP contribution is -2.43. The third kappa shape index (κ3) is 2.11. The number of nitrogens with zero attached hydrogens (tertiary/aromatic N) is 2. The van der Waals surface area contributed by atoms with E-state index in [1.807, 2.05) is 0 Å². The van der Waals surface area contributed by atoms with Gasteiger partial charge in [0, 0.05) is 19.1 Å². The third-order valence-electron chi connectivity index (χ3n) is 4.53. The first-order valence-corrected chi connectivity index (χ1v) is 7.09.